The Labute approximate surface area is 110 Å². The molecular weight excluding hydrogens is 226 g/mol. The summed E-state index contributed by atoms with van der Waals surface area (Å²) in [6.07, 6.45) is 10.0. The molecule has 0 aromatic rings. The summed E-state index contributed by atoms with van der Waals surface area (Å²) in [6.45, 7) is 5.72. The van der Waals surface area contributed by atoms with E-state index in [2.05, 4.69) is 4.90 Å². The number of piperidine rings is 1. The SMILES string of the molecule is CCC(=O)C(=C/C=C/N1CCCCC1)C(=O)CC. The molecule has 0 aromatic carbocycles. The third-order valence-electron chi connectivity index (χ3n) is 3.19. The minimum Gasteiger partial charge on any atom is -0.377 e. The average molecular weight is 249 g/mol. The molecule has 1 rings (SSSR count). The van der Waals surface area contributed by atoms with Gasteiger partial charge in [0.15, 0.2) is 11.6 Å². The molecule has 1 aliphatic rings. The van der Waals surface area contributed by atoms with E-state index in [1.807, 2.05) is 12.3 Å². The second-order valence-corrected chi connectivity index (χ2v) is 4.57. The monoisotopic (exact) mass is 249 g/mol. The van der Waals surface area contributed by atoms with Gasteiger partial charge >= 0.3 is 0 Å². The fourth-order valence-corrected chi connectivity index (χ4v) is 2.05. The molecule has 0 saturated carbocycles. The van der Waals surface area contributed by atoms with Crippen LogP contribution >= 0.6 is 0 Å². The first kappa shape index (κ1) is 14.7. The van der Waals surface area contributed by atoms with Crippen LogP contribution in [0.1, 0.15) is 46.0 Å². The van der Waals surface area contributed by atoms with Gasteiger partial charge in [-0.25, -0.2) is 0 Å². The maximum Gasteiger partial charge on any atom is 0.166 e. The molecule has 1 aliphatic heterocycles. The molecule has 0 aliphatic carbocycles. The molecule has 0 unspecified atom stereocenters. The minimum absolute atomic E-state index is 0.0647. The molecule has 3 heteroatoms. The number of hydrogen-bond acceptors (Lipinski definition) is 3. The first-order valence-electron chi connectivity index (χ1n) is 6.88. The van der Waals surface area contributed by atoms with Crippen molar-refractivity contribution in [3.63, 3.8) is 0 Å². The molecule has 0 aromatic heterocycles. The standard InChI is InChI=1S/C15H23NO2/c1-3-14(17)13(15(18)4-2)9-8-12-16-10-6-5-7-11-16/h8-9,12H,3-7,10-11H2,1-2H3/b12-8+. The normalized spacial score (nSPS) is 15.8. The van der Waals surface area contributed by atoms with E-state index in [1.54, 1.807) is 19.9 Å². The predicted molar refractivity (Wildman–Crippen MR) is 73.2 cm³/mol. The quantitative estimate of drug-likeness (QED) is 0.314. The molecule has 0 amide bonds. The van der Waals surface area contributed by atoms with Gasteiger partial charge in [-0.05, 0) is 37.6 Å². The summed E-state index contributed by atoms with van der Waals surface area (Å²) in [5.41, 5.74) is 0.341. The zero-order valence-electron chi connectivity index (χ0n) is 11.4. The summed E-state index contributed by atoms with van der Waals surface area (Å²) >= 11 is 0. The van der Waals surface area contributed by atoms with Crippen LogP contribution < -0.4 is 0 Å². The number of allylic oxidation sites excluding steroid dienone is 3. The molecule has 100 valence electrons. The number of carbonyl (C=O) groups excluding carboxylic acids is 2. The Balaban J connectivity index is 2.66. The van der Waals surface area contributed by atoms with Gasteiger partial charge in [-0.1, -0.05) is 13.8 Å². The van der Waals surface area contributed by atoms with Crippen LogP contribution in [0.3, 0.4) is 0 Å². The molecule has 0 atom stereocenters. The van der Waals surface area contributed by atoms with Gasteiger partial charge in [0, 0.05) is 25.9 Å². The Morgan fingerprint density at radius 2 is 1.56 bits per heavy atom. The van der Waals surface area contributed by atoms with Crippen LogP contribution in [0.25, 0.3) is 0 Å². The van der Waals surface area contributed by atoms with Crippen LogP contribution in [0.4, 0.5) is 0 Å². The molecule has 0 bridgehead atoms. The van der Waals surface area contributed by atoms with Crippen molar-refractivity contribution in [3.05, 3.63) is 23.9 Å². The van der Waals surface area contributed by atoms with Crippen LogP contribution in [0.2, 0.25) is 0 Å². The summed E-state index contributed by atoms with van der Waals surface area (Å²) in [4.78, 5) is 25.6. The number of rotatable bonds is 6. The van der Waals surface area contributed by atoms with Crippen molar-refractivity contribution in [1.82, 2.24) is 4.90 Å². The topological polar surface area (TPSA) is 37.4 Å². The molecule has 1 heterocycles. The Hall–Kier alpha value is -1.38. The van der Waals surface area contributed by atoms with Gasteiger partial charge in [0.25, 0.3) is 0 Å². The molecular formula is C15H23NO2. The molecule has 1 fully saturated rings. The summed E-state index contributed by atoms with van der Waals surface area (Å²) in [5, 5.41) is 0. The number of carbonyl (C=O) groups is 2. The van der Waals surface area contributed by atoms with Crippen LogP contribution in [0.15, 0.2) is 23.9 Å². The highest BCUT2D eigenvalue weighted by atomic mass is 16.1. The number of nitrogens with zero attached hydrogens (tertiary/aromatic N) is 1. The highest BCUT2D eigenvalue weighted by Crippen LogP contribution is 2.10. The number of ketones is 2. The summed E-state index contributed by atoms with van der Waals surface area (Å²) in [5.74, 6) is -0.129. The summed E-state index contributed by atoms with van der Waals surface area (Å²) in [6, 6.07) is 0. The molecule has 0 N–H and O–H groups in total. The van der Waals surface area contributed by atoms with E-state index in [-0.39, 0.29) is 11.6 Å². The Bertz CT molecular complexity index is 332. The lowest BCUT2D eigenvalue weighted by atomic mass is 10.0. The molecule has 0 spiro atoms. The van der Waals surface area contributed by atoms with Crippen LogP contribution in [-0.2, 0) is 9.59 Å². The van der Waals surface area contributed by atoms with E-state index < -0.39 is 0 Å². The van der Waals surface area contributed by atoms with Crippen molar-refractivity contribution in [2.75, 3.05) is 13.1 Å². The van der Waals surface area contributed by atoms with Gasteiger partial charge in [0.05, 0.1) is 5.57 Å². The first-order chi connectivity index (χ1) is 8.69. The summed E-state index contributed by atoms with van der Waals surface area (Å²) in [7, 11) is 0. The van der Waals surface area contributed by atoms with Crippen LogP contribution in [0.5, 0.6) is 0 Å². The predicted octanol–water partition coefficient (Wildman–Crippen LogP) is 2.87. The number of likely N-dealkylation sites (tertiary alicyclic amines) is 1. The van der Waals surface area contributed by atoms with Crippen LogP contribution in [0, 0.1) is 0 Å². The fraction of sp³-hybridized carbons (Fsp3) is 0.600. The number of hydrogen-bond donors (Lipinski definition) is 0. The van der Waals surface area contributed by atoms with Crippen molar-refractivity contribution in [1.29, 1.82) is 0 Å². The van der Waals surface area contributed by atoms with Gasteiger partial charge in [0.1, 0.15) is 0 Å². The summed E-state index contributed by atoms with van der Waals surface area (Å²) < 4.78 is 0. The van der Waals surface area contributed by atoms with Crippen LogP contribution in [-0.4, -0.2) is 29.6 Å². The van der Waals surface area contributed by atoms with E-state index in [1.165, 1.54) is 19.3 Å². The van der Waals surface area contributed by atoms with Gasteiger partial charge in [-0.3, -0.25) is 9.59 Å². The lowest BCUT2D eigenvalue weighted by Crippen LogP contribution is -2.24. The minimum atomic E-state index is -0.0647. The fourth-order valence-electron chi connectivity index (χ4n) is 2.05. The lowest BCUT2D eigenvalue weighted by molar-refractivity contribution is -0.121. The van der Waals surface area contributed by atoms with Gasteiger partial charge in [-0.2, -0.15) is 0 Å². The highest BCUT2D eigenvalue weighted by Gasteiger charge is 2.13. The van der Waals surface area contributed by atoms with Crippen molar-refractivity contribution >= 4 is 11.6 Å². The molecule has 3 nitrogen and oxygen atoms in total. The smallest absolute Gasteiger partial charge is 0.166 e. The highest BCUT2D eigenvalue weighted by molar-refractivity contribution is 6.20. The third kappa shape index (κ3) is 4.47. The number of Topliss-reactive ketones (excluding diaryl/α,β-unsaturated/α-hetero) is 2. The molecule has 0 radical (unpaired) electrons. The van der Waals surface area contributed by atoms with Gasteiger partial charge in [0.2, 0.25) is 0 Å². The van der Waals surface area contributed by atoms with Crippen molar-refractivity contribution in [2.24, 2.45) is 0 Å². The maximum absolute atomic E-state index is 11.7. The maximum atomic E-state index is 11.7. The van der Waals surface area contributed by atoms with E-state index in [0.717, 1.165) is 13.1 Å². The average Bonchev–Trinajstić information content (AvgIpc) is 2.43. The largest absolute Gasteiger partial charge is 0.377 e. The first-order valence-corrected chi connectivity index (χ1v) is 6.88. The van der Waals surface area contributed by atoms with E-state index >= 15 is 0 Å². The molecule has 18 heavy (non-hydrogen) atoms. The van der Waals surface area contributed by atoms with Gasteiger partial charge < -0.3 is 4.90 Å². The Morgan fingerprint density at radius 1 is 1.00 bits per heavy atom. The Kier molecular flexibility index (Phi) is 6.40. The van der Waals surface area contributed by atoms with E-state index in [0.29, 0.717) is 18.4 Å². The second-order valence-electron chi connectivity index (χ2n) is 4.57. The zero-order valence-corrected chi connectivity index (χ0v) is 11.4. The molecule has 1 saturated heterocycles. The van der Waals surface area contributed by atoms with Crippen molar-refractivity contribution in [2.45, 2.75) is 46.0 Å². The lowest BCUT2D eigenvalue weighted by Gasteiger charge is -2.24. The Morgan fingerprint density at radius 3 is 2.06 bits per heavy atom. The van der Waals surface area contributed by atoms with E-state index in [9.17, 15) is 9.59 Å². The second kappa shape index (κ2) is 7.85. The van der Waals surface area contributed by atoms with E-state index in [4.69, 9.17) is 0 Å². The third-order valence-corrected chi connectivity index (χ3v) is 3.19. The van der Waals surface area contributed by atoms with Crippen molar-refractivity contribution < 1.29 is 9.59 Å². The van der Waals surface area contributed by atoms with Crippen molar-refractivity contribution in [3.8, 4) is 0 Å². The van der Waals surface area contributed by atoms with Gasteiger partial charge in [-0.15, -0.1) is 0 Å². The zero-order chi connectivity index (χ0) is 13.4.